The molecule has 11 heteroatoms. The van der Waals surface area contributed by atoms with Gasteiger partial charge in [-0.3, -0.25) is 20.2 Å². The first-order valence-corrected chi connectivity index (χ1v) is 13.4. The minimum absolute atomic E-state index is 0.0933. The maximum absolute atomic E-state index is 14.2. The van der Waals surface area contributed by atoms with Crippen molar-refractivity contribution >= 4 is 27.9 Å². The van der Waals surface area contributed by atoms with Gasteiger partial charge in [0.25, 0.3) is 0 Å². The molecule has 2 aliphatic carbocycles. The van der Waals surface area contributed by atoms with Crippen molar-refractivity contribution in [1.82, 2.24) is 15.4 Å². The number of ether oxygens (including phenoxy) is 1. The van der Waals surface area contributed by atoms with Gasteiger partial charge in [0.2, 0.25) is 21.8 Å². The molecule has 0 spiro atoms. The molecule has 1 atom stereocenters. The first kappa shape index (κ1) is 24.6. The Kier molecular flexibility index (Phi) is 7.51. The van der Waals surface area contributed by atoms with E-state index in [0.717, 1.165) is 25.7 Å². The second kappa shape index (κ2) is 10.4. The Hall–Kier alpha value is -2.53. The zero-order valence-corrected chi connectivity index (χ0v) is 19.7. The van der Waals surface area contributed by atoms with Crippen molar-refractivity contribution in [2.75, 3.05) is 12.4 Å². The largest absolute Gasteiger partial charge is 0.490 e. The highest BCUT2D eigenvalue weighted by Gasteiger charge is 2.36. The molecule has 186 valence electrons. The fourth-order valence-corrected chi connectivity index (χ4v) is 5.48. The fraction of sp³-hybridized carbons (Fsp3) is 0.609. The van der Waals surface area contributed by atoms with E-state index >= 15 is 0 Å². The van der Waals surface area contributed by atoms with Crippen LogP contribution in [0.1, 0.15) is 63.0 Å². The van der Waals surface area contributed by atoms with E-state index in [-0.39, 0.29) is 23.8 Å². The minimum atomic E-state index is -3.59. The van der Waals surface area contributed by atoms with Gasteiger partial charge in [0.1, 0.15) is 5.92 Å². The highest BCUT2D eigenvalue weighted by Crippen LogP contribution is 2.42. The normalized spacial score (nSPS) is 20.1. The molecule has 0 aromatic heterocycles. The summed E-state index contributed by atoms with van der Waals surface area (Å²) < 4.78 is 48.1. The maximum Gasteiger partial charge on any atom is 0.328 e. The zero-order valence-electron chi connectivity index (χ0n) is 18.8. The van der Waals surface area contributed by atoms with Crippen LogP contribution < -0.4 is 20.1 Å². The number of hydrogen-bond donors (Lipinski definition) is 3. The lowest BCUT2D eigenvalue weighted by molar-refractivity contribution is -0.136. The van der Waals surface area contributed by atoms with Crippen molar-refractivity contribution in [2.24, 2.45) is 17.8 Å². The van der Waals surface area contributed by atoms with Crippen LogP contribution in [0.4, 0.5) is 9.18 Å². The first-order valence-electron chi connectivity index (χ1n) is 11.8. The highest BCUT2D eigenvalue weighted by atomic mass is 32.2. The summed E-state index contributed by atoms with van der Waals surface area (Å²) in [5.74, 6) is -1.94. The summed E-state index contributed by atoms with van der Waals surface area (Å²) in [7, 11) is -3.59. The quantitative estimate of drug-likeness (QED) is 0.285. The van der Waals surface area contributed by atoms with E-state index in [0.29, 0.717) is 37.4 Å². The number of unbranched alkanes of at least 4 members (excludes halogenated alkanes) is 2. The maximum atomic E-state index is 14.2. The number of halogens is 1. The molecule has 0 bridgehead atoms. The average Bonchev–Trinajstić information content (AvgIpc) is 3.67. The van der Waals surface area contributed by atoms with Crippen molar-refractivity contribution < 1.29 is 31.9 Å². The van der Waals surface area contributed by atoms with E-state index in [4.69, 9.17) is 4.74 Å². The molecule has 0 unspecified atom stereocenters. The zero-order chi connectivity index (χ0) is 24.3. The van der Waals surface area contributed by atoms with Crippen LogP contribution >= 0.6 is 0 Å². The second-order valence-corrected chi connectivity index (χ2v) is 11.3. The van der Waals surface area contributed by atoms with Crippen LogP contribution in [0.25, 0.3) is 0 Å². The Labute approximate surface area is 198 Å². The number of urea groups is 1. The Morgan fingerprint density at radius 2 is 1.74 bits per heavy atom. The molecule has 1 heterocycles. The van der Waals surface area contributed by atoms with E-state index in [9.17, 15) is 27.2 Å². The molecular weight excluding hydrogens is 465 g/mol. The lowest BCUT2D eigenvalue weighted by Gasteiger charge is -2.21. The molecule has 3 N–H and O–H groups in total. The van der Waals surface area contributed by atoms with Crippen LogP contribution in [0.5, 0.6) is 5.75 Å². The Bertz CT molecular complexity index is 1030. The summed E-state index contributed by atoms with van der Waals surface area (Å²) in [5, 5.41) is 4.11. The topological polar surface area (TPSA) is 131 Å². The lowest BCUT2D eigenvalue weighted by atomic mass is 9.98. The average molecular weight is 496 g/mol. The molecule has 9 nitrogen and oxygen atoms in total. The molecule has 34 heavy (non-hydrogen) atoms. The van der Waals surface area contributed by atoms with Crippen molar-refractivity contribution in [3.63, 3.8) is 0 Å². The standard InChI is InChI=1S/C23H30FN3O6S/c24-18-10-9-16(12-19(18)33-13-14-5-6-14)20(15-7-8-15)27-34(31,32)11-3-1-2-4-17-21(28)25-23(30)26-22(17)29/h9-10,12,14-15,17,20,27H,1-8,11,13H2,(H2,25,26,28,29,30)/t20-/m1/s1. The number of rotatable bonds is 13. The Balaban J connectivity index is 1.27. The van der Waals surface area contributed by atoms with E-state index < -0.39 is 45.6 Å². The van der Waals surface area contributed by atoms with Crippen LogP contribution in [-0.2, 0) is 19.6 Å². The van der Waals surface area contributed by atoms with E-state index in [1.165, 1.54) is 6.07 Å². The second-order valence-electron chi connectivity index (χ2n) is 9.41. The smallest absolute Gasteiger partial charge is 0.328 e. The number of barbiturate groups is 1. The van der Waals surface area contributed by atoms with Crippen LogP contribution in [-0.4, -0.2) is 38.6 Å². The molecule has 1 aliphatic heterocycles. The molecule has 4 amide bonds. The fourth-order valence-electron chi connectivity index (χ4n) is 4.06. The van der Waals surface area contributed by atoms with Crippen molar-refractivity contribution in [1.29, 1.82) is 0 Å². The van der Waals surface area contributed by atoms with Gasteiger partial charge in [-0.2, -0.15) is 0 Å². The van der Waals surface area contributed by atoms with Gasteiger partial charge in [-0.1, -0.05) is 18.9 Å². The summed E-state index contributed by atoms with van der Waals surface area (Å²) >= 11 is 0. The lowest BCUT2D eigenvalue weighted by Crippen LogP contribution is -2.55. The van der Waals surface area contributed by atoms with Crippen LogP contribution in [0.15, 0.2) is 18.2 Å². The number of sulfonamides is 1. The molecule has 3 aliphatic rings. The number of hydrogen-bond acceptors (Lipinski definition) is 6. The molecule has 3 fully saturated rings. The predicted octanol–water partition coefficient (Wildman–Crippen LogP) is 2.53. The molecule has 0 radical (unpaired) electrons. The minimum Gasteiger partial charge on any atom is -0.490 e. The first-order chi connectivity index (χ1) is 16.2. The number of carbonyl (C=O) groups is 3. The third-order valence-corrected chi connectivity index (χ3v) is 7.84. The molecule has 4 rings (SSSR count). The SMILES string of the molecule is O=C1NC(=O)C(CCCCCS(=O)(=O)N[C@@H](c2ccc(F)c(OCC3CC3)c2)C2CC2)C(=O)N1. The van der Waals surface area contributed by atoms with Crippen LogP contribution in [0, 0.1) is 23.6 Å². The Morgan fingerprint density at radius 3 is 2.38 bits per heavy atom. The Morgan fingerprint density at radius 1 is 1.03 bits per heavy atom. The number of carbonyl (C=O) groups excluding carboxylic acids is 3. The van der Waals surface area contributed by atoms with Gasteiger partial charge in [-0.15, -0.1) is 0 Å². The predicted molar refractivity (Wildman–Crippen MR) is 121 cm³/mol. The van der Waals surface area contributed by atoms with Gasteiger partial charge < -0.3 is 4.74 Å². The van der Waals surface area contributed by atoms with Crippen molar-refractivity contribution in [3.05, 3.63) is 29.6 Å². The molecule has 2 saturated carbocycles. The highest BCUT2D eigenvalue weighted by molar-refractivity contribution is 7.89. The van der Waals surface area contributed by atoms with Gasteiger partial charge >= 0.3 is 6.03 Å². The summed E-state index contributed by atoms with van der Waals surface area (Å²) in [6, 6.07) is 3.29. The molecular formula is C23H30FN3O6S. The summed E-state index contributed by atoms with van der Waals surface area (Å²) in [4.78, 5) is 34.6. The van der Waals surface area contributed by atoms with Crippen LogP contribution in [0.3, 0.4) is 0 Å². The monoisotopic (exact) mass is 495 g/mol. The molecule has 1 aromatic rings. The van der Waals surface area contributed by atoms with Gasteiger partial charge in [0.05, 0.1) is 12.4 Å². The summed E-state index contributed by atoms with van der Waals surface area (Å²) in [6.45, 7) is 0.473. The summed E-state index contributed by atoms with van der Waals surface area (Å²) in [6.07, 6.45) is 5.56. The van der Waals surface area contributed by atoms with Crippen molar-refractivity contribution in [2.45, 2.75) is 57.4 Å². The van der Waals surface area contributed by atoms with Gasteiger partial charge in [0, 0.05) is 6.04 Å². The van der Waals surface area contributed by atoms with E-state index in [1.807, 2.05) is 0 Å². The number of nitrogens with one attached hydrogen (secondary N) is 3. The van der Waals surface area contributed by atoms with Crippen molar-refractivity contribution in [3.8, 4) is 5.75 Å². The third-order valence-electron chi connectivity index (χ3n) is 6.40. The summed E-state index contributed by atoms with van der Waals surface area (Å²) in [5.41, 5.74) is 0.696. The van der Waals surface area contributed by atoms with Gasteiger partial charge in [0.15, 0.2) is 11.6 Å². The third kappa shape index (κ3) is 6.75. The van der Waals surface area contributed by atoms with Gasteiger partial charge in [-0.05, 0) is 68.1 Å². The number of amides is 4. The van der Waals surface area contributed by atoms with Crippen LogP contribution in [0.2, 0.25) is 0 Å². The van der Waals surface area contributed by atoms with Gasteiger partial charge in [-0.25, -0.2) is 22.3 Å². The molecule has 1 saturated heterocycles. The molecule has 1 aromatic carbocycles. The number of imide groups is 2. The number of benzene rings is 1. The van der Waals surface area contributed by atoms with E-state index in [1.54, 1.807) is 12.1 Å². The van der Waals surface area contributed by atoms with E-state index in [2.05, 4.69) is 15.4 Å².